The van der Waals surface area contributed by atoms with E-state index >= 15 is 0 Å². The van der Waals surface area contributed by atoms with Crippen LogP contribution in [0.25, 0.3) is 0 Å². The number of aryl methyl sites for hydroxylation is 1. The smallest absolute Gasteiger partial charge is 0.371 e. The maximum atomic E-state index is 11.8. The molecule has 0 fully saturated rings. The number of aromatic carboxylic acids is 1. The van der Waals surface area contributed by atoms with Crippen LogP contribution in [0.5, 0.6) is 0 Å². The summed E-state index contributed by atoms with van der Waals surface area (Å²) in [6, 6.07) is 3.83. The van der Waals surface area contributed by atoms with Crippen molar-refractivity contribution in [2.24, 2.45) is 7.05 Å². The Morgan fingerprint density at radius 1 is 1.47 bits per heavy atom. The van der Waals surface area contributed by atoms with Gasteiger partial charge in [-0.2, -0.15) is 5.10 Å². The topological polar surface area (TPSA) is 114 Å². The van der Waals surface area contributed by atoms with Crippen LogP contribution in [0.2, 0.25) is 0 Å². The van der Waals surface area contributed by atoms with Gasteiger partial charge in [-0.3, -0.25) is 4.68 Å². The molecule has 0 aliphatic carbocycles. The molecule has 0 unspecified atom stereocenters. The molecule has 0 aromatic carbocycles. The van der Waals surface area contributed by atoms with Crippen molar-refractivity contribution in [1.29, 1.82) is 0 Å². The first-order valence-electron chi connectivity index (χ1n) is 5.20. The number of carboxylic acid groups (broad SMARTS) is 1. The zero-order valence-electron chi connectivity index (χ0n) is 9.90. The Balaban J connectivity index is 2.11. The fourth-order valence-electron chi connectivity index (χ4n) is 1.38. The van der Waals surface area contributed by atoms with Gasteiger partial charge in [0.2, 0.25) is 10.9 Å². The van der Waals surface area contributed by atoms with E-state index < -0.39 is 26.8 Å². The second-order valence-electron chi connectivity index (χ2n) is 3.73. The van der Waals surface area contributed by atoms with Crippen LogP contribution >= 0.6 is 0 Å². The Labute approximate surface area is 108 Å². The Hall–Kier alpha value is -2.13. The Morgan fingerprint density at radius 2 is 2.21 bits per heavy atom. The average Bonchev–Trinajstić information content (AvgIpc) is 2.95. The normalized spacial score (nSPS) is 11.6. The summed E-state index contributed by atoms with van der Waals surface area (Å²) in [6.45, 7) is -0.00766. The maximum absolute atomic E-state index is 11.8. The zero-order chi connectivity index (χ0) is 14.0. The highest BCUT2D eigenvalue weighted by Crippen LogP contribution is 2.14. The van der Waals surface area contributed by atoms with Crippen molar-refractivity contribution >= 4 is 16.0 Å². The zero-order valence-corrected chi connectivity index (χ0v) is 10.7. The van der Waals surface area contributed by atoms with Gasteiger partial charge < -0.3 is 9.52 Å². The molecule has 2 N–H and O–H groups in total. The van der Waals surface area contributed by atoms with Crippen molar-refractivity contribution in [3.05, 3.63) is 35.9 Å². The van der Waals surface area contributed by atoms with E-state index in [0.29, 0.717) is 5.69 Å². The van der Waals surface area contributed by atoms with Gasteiger partial charge >= 0.3 is 5.97 Å². The SMILES string of the molecule is Cn1ccc(CNS(=O)(=O)c2ccc(C(=O)O)o2)n1. The third-order valence-electron chi connectivity index (χ3n) is 2.27. The molecule has 0 aliphatic heterocycles. The fourth-order valence-corrected chi connectivity index (χ4v) is 2.30. The molecule has 9 heteroatoms. The summed E-state index contributed by atoms with van der Waals surface area (Å²) < 4.78 is 32.2. The number of nitrogens with zero attached hydrogens (tertiary/aromatic N) is 2. The molecular formula is C10H11N3O5S. The van der Waals surface area contributed by atoms with Crippen LogP contribution in [0.3, 0.4) is 0 Å². The van der Waals surface area contributed by atoms with Gasteiger partial charge in [-0.05, 0) is 18.2 Å². The number of hydrogen-bond acceptors (Lipinski definition) is 5. The third-order valence-corrected chi connectivity index (χ3v) is 3.54. The van der Waals surface area contributed by atoms with Gasteiger partial charge in [0.05, 0.1) is 12.2 Å². The van der Waals surface area contributed by atoms with E-state index in [-0.39, 0.29) is 6.54 Å². The number of carbonyl (C=O) groups is 1. The van der Waals surface area contributed by atoms with Crippen LogP contribution in [-0.4, -0.2) is 29.3 Å². The second-order valence-corrected chi connectivity index (χ2v) is 5.43. The molecule has 2 aromatic heterocycles. The molecule has 0 spiro atoms. The highest BCUT2D eigenvalue weighted by Gasteiger charge is 2.20. The number of furan rings is 1. The van der Waals surface area contributed by atoms with E-state index in [1.165, 1.54) is 0 Å². The molecule has 0 aliphatic rings. The molecule has 102 valence electrons. The fraction of sp³-hybridized carbons (Fsp3) is 0.200. The minimum absolute atomic E-state index is 0.00766. The van der Waals surface area contributed by atoms with Gasteiger partial charge in [0, 0.05) is 13.2 Å². The molecule has 2 rings (SSSR count). The van der Waals surface area contributed by atoms with Crippen LogP contribution in [0.1, 0.15) is 16.2 Å². The molecule has 0 atom stereocenters. The minimum Gasteiger partial charge on any atom is -0.475 e. The Bertz CT molecular complexity index is 700. The second kappa shape index (κ2) is 4.86. The molecule has 0 amide bonds. The standard InChI is InChI=1S/C10H11N3O5S/c1-13-5-4-7(12-13)6-11-19(16,17)9-3-2-8(18-9)10(14)15/h2-5,11H,6H2,1H3,(H,14,15). The quantitative estimate of drug-likeness (QED) is 0.810. The van der Waals surface area contributed by atoms with E-state index in [1.54, 1.807) is 24.0 Å². The van der Waals surface area contributed by atoms with E-state index in [0.717, 1.165) is 12.1 Å². The van der Waals surface area contributed by atoms with Gasteiger partial charge in [-0.1, -0.05) is 0 Å². The van der Waals surface area contributed by atoms with Crippen LogP contribution < -0.4 is 4.72 Å². The van der Waals surface area contributed by atoms with Crippen LogP contribution in [0.4, 0.5) is 0 Å². The maximum Gasteiger partial charge on any atom is 0.371 e. The molecule has 0 radical (unpaired) electrons. The van der Waals surface area contributed by atoms with Gasteiger partial charge in [0.25, 0.3) is 10.0 Å². The van der Waals surface area contributed by atoms with Crippen molar-refractivity contribution < 1.29 is 22.7 Å². The summed E-state index contributed by atoms with van der Waals surface area (Å²) in [5.74, 6) is -1.76. The van der Waals surface area contributed by atoms with Crippen LogP contribution in [0, 0.1) is 0 Å². The summed E-state index contributed by atoms with van der Waals surface area (Å²) in [4.78, 5) is 10.6. The summed E-state index contributed by atoms with van der Waals surface area (Å²) >= 11 is 0. The highest BCUT2D eigenvalue weighted by molar-refractivity contribution is 7.89. The van der Waals surface area contributed by atoms with Gasteiger partial charge in [-0.15, -0.1) is 0 Å². The number of sulfonamides is 1. The summed E-state index contributed by atoms with van der Waals surface area (Å²) in [7, 11) is -2.18. The van der Waals surface area contributed by atoms with E-state index in [4.69, 9.17) is 9.52 Å². The first-order chi connectivity index (χ1) is 8.88. The number of rotatable bonds is 5. The largest absolute Gasteiger partial charge is 0.475 e. The Morgan fingerprint density at radius 3 is 2.74 bits per heavy atom. The van der Waals surface area contributed by atoms with Crippen LogP contribution in [-0.2, 0) is 23.6 Å². The summed E-state index contributed by atoms with van der Waals surface area (Å²) in [6.07, 6.45) is 1.68. The van der Waals surface area contributed by atoms with Crippen molar-refractivity contribution in [3.63, 3.8) is 0 Å². The van der Waals surface area contributed by atoms with E-state index in [1.807, 2.05) is 0 Å². The van der Waals surface area contributed by atoms with Gasteiger partial charge in [0.1, 0.15) is 0 Å². The van der Waals surface area contributed by atoms with Crippen molar-refractivity contribution in [2.75, 3.05) is 0 Å². The molecule has 2 heterocycles. The lowest BCUT2D eigenvalue weighted by molar-refractivity contribution is 0.0656. The first-order valence-corrected chi connectivity index (χ1v) is 6.68. The predicted octanol–water partition coefficient (Wildman–Crippen LogP) is 0.190. The number of nitrogens with one attached hydrogen (secondary N) is 1. The number of carboxylic acids is 1. The number of aromatic nitrogens is 2. The van der Waals surface area contributed by atoms with Crippen LogP contribution in [0.15, 0.2) is 33.9 Å². The van der Waals surface area contributed by atoms with Crippen molar-refractivity contribution in [2.45, 2.75) is 11.6 Å². The first kappa shape index (κ1) is 13.3. The lowest BCUT2D eigenvalue weighted by Crippen LogP contribution is -2.23. The third kappa shape index (κ3) is 3.01. The van der Waals surface area contributed by atoms with E-state index in [2.05, 4.69) is 9.82 Å². The van der Waals surface area contributed by atoms with Gasteiger partial charge in [-0.25, -0.2) is 17.9 Å². The highest BCUT2D eigenvalue weighted by atomic mass is 32.2. The molecule has 2 aromatic rings. The summed E-state index contributed by atoms with van der Waals surface area (Å²) in [5.41, 5.74) is 0.538. The molecule has 0 saturated heterocycles. The molecule has 0 saturated carbocycles. The molecular weight excluding hydrogens is 274 g/mol. The Kier molecular flexibility index (Phi) is 3.40. The molecule has 8 nitrogen and oxygen atoms in total. The number of hydrogen-bond donors (Lipinski definition) is 2. The average molecular weight is 285 g/mol. The lowest BCUT2D eigenvalue weighted by Gasteiger charge is -2.01. The lowest BCUT2D eigenvalue weighted by atomic mass is 10.4. The summed E-state index contributed by atoms with van der Waals surface area (Å²) in [5, 5.41) is 12.2. The molecule has 0 bridgehead atoms. The van der Waals surface area contributed by atoms with E-state index in [9.17, 15) is 13.2 Å². The van der Waals surface area contributed by atoms with Crippen molar-refractivity contribution in [1.82, 2.24) is 14.5 Å². The van der Waals surface area contributed by atoms with Crippen molar-refractivity contribution in [3.8, 4) is 0 Å². The molecule has 19 heavy (non-hydrogen) atoms. The van der Waals surface area contributed by atoms with Gasteiger partial charge in [0.15, 0.2) is 0 Å². The predicted molar refractivity (Wildman–Crippen MR) is 62.9 cm³/mol. The monoisotopic (exact) mass is 285 g/mol. The minimum atomic E-state index is -3.89.